The summed E-state index contributed by atoms with van der Waals surface area (Å²) in [7, 11) is -7.94. The molecule has 0 spiro atoms. The number of hydrogen-bond donors (Lipinski definition) is 2. The molecule has 2 bridgehead atoms. The summed E-state index contributed by atoms with van der Waals surface area (Å²) < 4.78 is 103. The third-order valence-corrected chi connectivity index (χ3v) is 14.7. The topological polar surface area (TPSA) is 147 Å². The zero-order valence-electron chi connectivity index (χ0n) is 28.5. The van der Waals surface area contributed by atoms with Crippen LogP contribution in [0.1, 0.15) is 38.5 Å². The number of benzene rings is 2. The first-order chi connectivity index (χ1) is 25.5. The Morgan fingerprint density at radius 1 is 0.849 bits per heavy atom. The number of ether oxygens (including phenoxy) is 1. The molecule has 18 heteroatoms. The van der Waals surface area contributed by atoms with Gasteiger partial charge in [-0.05, 0) is 68.9 Å². The average Bonchev–Trinajstić information content (AvgIpc) is 3.68. The molecule has 8 rings (SSSR count). The molecule has 6 heterocycles. The molecule has 0 radical (unpaired) electrons. The maximum absolute atomic E-state index is 16.6. The fourth-order valence-corrected chi connectivity index (χ4v) is 11.8. The van der Waals surface area contributed by atoms with Crippen LogP contribution in [0.5, 0.6) is 0 Å². The van der Waals surface area contributed by atoms with Crippen LogP contribution in [0, 0.1) is 17.5 Å². The Morgan fingerprint density at radius 3 is 2.23 bits per heavy atom. The van der Waals surface area contributed by atoms with Crippen molar-refractivity contribution in [3.63, 3.8) is 0 Å². The number of hydrogen-bond acceptors (Lipinski definition) is 12. The van der Waals surface area contributed by atoms with E-state index in [2.05, 4.69) is 20.1 Å². The third kappa shape index (κ3) is 7.35. The summed E-state index contributed by atoms with van der Waals surface area (Å²) >= 11 is 1.36. The van der Waals surface area contributed by atoms with E-state index in [9.17, 15) is 25.6 Å². The lowest BCUT2D eigenvalue weighted by Gasteiger charge is -2.45. The standard InChI is InChI=1S/C35H38F3N7O5S3/c36-26-4-2-5-27(37)33(26)53(48,49)43-28-6-1-3-25(30(28)38)31-32(29-9-14-39-34(41-29)40-21-12-17-52(46,47)18-13-21)51-35(42-31)45-23-7-8-24(45)20-44(19-23)22-10-15-50-16-11-22/h1-6,9,14,21-24,43H,7-8,10-13,15-20H2,(H,39,40,41). The van der Waals surface area contributed by atoms with E-state index in [1.54, 1.807) is 12.3 Å². The van der Waals surface area contributed by atoms with Crippen LogP contribution in [-0.4, -0.2) is 98.7 Å². The SMILES string of the molecule is O=S1(=O)CCC(Nc2nccc(-c3sc(N4C5CCC4CN(C4CCOCC4)C5)nc3-c3cccc(NS(=O)(=O)c4c(F)cccc4F)c3F)n2)CC1. The Bertz CT molecular complexity index is 2190. The van der Waals surface area contributed by atoms with E-state index >= 15 is 4.39 Å². The number of anilines is 3. The second-order valence-corrected chi connectivity index (χ2v) is 18.8. The Labute approximate surface area is 309 Å². The van der Waals surface area contributed by atoms with E-state index in [4.69, 9.17) is 14.7 Å². The highest BCUT2D eigenvalue weighted by molar-refractivity contribution is 7.92. The Kier molecular flexibility index (Phi) is 9.84. The number of thiazole rings is 1. The van der Waals surface area contributed by atoms with Crippen LogP contribution in [0.15, 0.2) is 53.6 Å². The van der Waals surface area contributed by atoms with E-state index in [0.717, 1.165) is 70.2 Å². The fraction of sp³-hybridized carbons (Fsp3) is 0.457. The van der Waals surface area contributed by atoms with Gasteiger partial charge in [-0.2, -0.15) is 0 Å². The molecule has 2 atom stereocenters. The molecule has 4 aliphatic heterocycles. The number of aromatic nitrogens is 3. The van der Waals surface area contributed by atoms with E-state index in [0.29, 0.717) is 34.6 Å². The Balaban J connectivity index is 1.16. The molecular formula is C35H38F3N7O5S3. The minimum Gasteiger partial charge on any atom is -0.381 e. The minimum absolute atomic E-state index is 0.0319. The summed E-state index contributed by atoms with van der Waals surface area (Å²) in [6.45, 7) is 3.24. The van der Waals surface area contributed by atoms with Crippen LogP contribution in [0.3, 0.4) is 0 Å². The normalized spacial score (nSPS) is 22.6. The predicted molar refractivity (Wildman–Crippen MR) is 196 cm³/mol. The molecular weight excluding hydrogens is 752 g/mol. The number of fused-ring (bicyclic) bond motifs is 2. The van der Waals surface area contributed by atoms with Gasteiger partial charge in [0.05, 0.1) is 33.5 Å². The summed E-state index contributed by atoms with van der Waals surface area (Å²) in [6, 6.07) is 9.12. The zero-order chi connectivity index (χ0) is 36.9. The van der Waals surface area contributed by atoms with Gasteiger partial charge >= 0.3 is 0 Å². The van der Waals surface area contributed by atoms with Crippen LogP contribution in [0.2, 0.25) is 0 Å². The van der Waals surface area contributed by atoms with Crippen molar-refractivity contribution in [2.45, 2.75) is 67.6 Å². The molecule has 4 aromatic rings. The monoisotopic (exact) mass is 789 g/mol. The lowest BCUT2D eigenvalue weighted by molar-refractivity contribution is 0.0262. The highest BCUT2D eigenvalue weighted by Gasteiger charge is 2.44. The zero-order valence-corrected chi connectivity index (χ0v) is 31.0. The van der Waals surface area contributed by atoms with Gasteiger partial charge in [-0.3, -0.25) is 9.62 Å². The van der Waals surface area contributed by atoms with Gasteiger partial charge in [0.1, 0.15) is 21.5 Å². The third-order valence-electron chi connectivity index (χ3n) is 10.5. The Morgan fingerprint density at radius 2 is 1.53 bits per heavy atom. The van der Waals surface area contributed by atoms with E-state index in [1.807, 2.05) is 4.72 Å². The van der Waals surface area contributed by atoms with Gasteiger partial charge in [0.25, 0.3) is 10.0 Å². The van der Waals surface area contributed by atoms with Gasteiger partial charge in [0.2, 0.25) is 5.95 Å². The van der Waals surface area contributed by atoms with Gasteiger partial charge in [0, 0.05) is 62.2 Å². The molecule has 0 amide bonds. The molecule has 4 fully saturated rings. The van der Waals surface area contributed by atoms with Crippen molar-refractivity contribution in [2.75, 3.05) is 52.7 Å². The minimum atomic E-state index is -4.86. The van der Waals surface area contributed by atoms with Gasteiger partial charge in [-0.15, -0.1) is 0 Å². The first-order valence-corrected chi connectivity index (χ1v) is 21.7. The molecule has 0 saturated carbocycles. The number of halogens is 3. The van der Waals surface area contributed by atoms with Crippen molar-refractivity contribution in [3.05, 3.63) is 66.1 Å². The largest absolute Gasteiger partial charge is 0.381 e. The molecule has 4 aliphatic rings. The van der Waals surface area contributed by atoms with E-state index in [1.165, 1.54) is 29.5 Å². The number of sulfonamides is 1. The van der Waals surface area contributed by atoms with Crippen molar-refractivity contribution in [1.29, 1.82) is 0 Å². The summed E-state index contributed by atoms with van der Waals surface area (Å²) in [5.74, 6) is -3.18. The molecule has 0 aliphatic carbocycles. The van der Waals surface area contributed by atoms with Crippen molar-refractivity contribution >= 4 is 48.0 Å². The van der Waals surface area contributed by atoms with Crippen LogP contribution in [0.25, 0.3) is 21.8 Å². The lowest BCUT2D eigenvalue weighted by Crippen LogP contribution is -2.57. The summed E-state index contributed by atoms with van der Waals surface area (Å²) in [6.07, 6.45) is 6.34. The average molecular weight is 790 g/mol. The van der Waals surface area contributed by atoms with Crippen LogP contribution < -0.4 is 14.9 Å². The fourth-order valence-electron chi connectivity index (χ4n) is 7.87. The molecule has 2 N–H and O–H groups in total. The summed E-state index contributed by atoms with van der Waals surface area (Å²) in [5.41, 5.74) is 0.126. The molecule has 282 valence electrons. The van der Waals surface area contributed by atoms with Gasteiger partial charge in [0.15, 0.2) is 15.8 Å². The number of nitrogens with one attached hydrogen (secondary N) is 2. The van der Waals surface area contributed by atoms with E-state index in [-0.39, 0.29) is 46.8 Å². The first kappa shape index (κ1) is 36.2. The Hall–Kier alpha value is -3.84. The highest BCUT2D eigenvalue weighted by Crippen LogP contribution is 2.46. The van der Waals surface area contributed by atoms with Crippen LogP contribution in [-0.2, 0) is 24.6 Å². The number of sulfone groups is 1. The molecule has 2 aromatic heterocycles. The highest BCUT2D eigenvalue weighted by atomic mass is 32.2. The van der Waals surface area contributed by atoms with Crippen molar-refractivity contribution in [3.8, 4) is 21.8 Å². The predicted octanol–water partition coefficient (Wildman–Crippen LogP) is 5.31. The first-order valence-electron chi connectivity index (χ1n) is 17.6. The van der Waals surface area contributed by atoms with Gasteiger partial charge in [-0.1, -0.05) is 23.5 Å². The molecule has 2 aromatic carbocycles. The maximum atomic E-state index is 16.6. The molecule has 12 nitrogen and oxygen atoms in total. The number of nitrogens with zero attached hydrogens (tertiary/aromatic N) is 5. The quantitative estimate of drug-likeness (QED) is 0.228. The number of piperazine rings is 1. The maximum Gasteiger partial charge on any atom is 0.267 e. The smallest absolute Gasteiger partial charge is 0.267 e. The van der Waals surface area contributed by atoms with Crippen molar-refractivity contribution in [1.82, 2.24) is 19.9 Å². The second kappa shape index (κ2) is 14.4. The van der Waals surface area contributed by atoms with Gasteiger partial charge < -0.3 is 15.0 Å². The summed E-state index contributed by atoms with van der Waals surface area (Å²) in [5, 5.41) is 3.93. The number of likely N-dealkylation sites (tertiary alicyclic amines) is 1. The van der Waals surface area contributed by atoms with Crippen molar-refractivity contribution < 1.29 is 34.7 Å². The van der Waals surface area contributed by atoms with Gasteiger partial charge in [-0.25, -0.2) is 45.0 Å². The van der Waals surface area contributed by atoms with Crippen LogP contribution in [0.4, 0.5) is 29.9 Å². The molecule has 4 saturated heterocycles. The second-order valence-electron chi connectivity index (χ2n) is 13.9. The van der Waals surface area contributed by atoms with Crippen molar-refractivity contribution in [2.24, 2.45) is 0 Å². The number of rotatable bonds is 9. The molecule has 53 heavy (non-hydrogen) atoms. The lowest BCUT2D eigenvalue weighted by atomic mass is 10.0. The molecule has 2 unspecified atom stereocenters. The van der Waals surface area contributed by atoms with Crippen LogP contribution >= 0.6 is 11.3 Å². The summed E-state index contributed by atoms with van der Waals surface area (Å²) in [4.78, 5) is 18.3. The van der Waals surface area contributed by atoms with E-state index < -0.39 is 47.9 Å².